The van der Waals surface area contributed by atoms with Crippen molar-refractivity contribution in [1.82, 2.24) is 25.5 Å². The number of ketones is 1. The molecule has 5 N–H and O–H groups in total. The number of carboxylic acids is 1. The number of aromatic nitrogens is 2. The summed E-state index contributed by atoms with van der Waals surface area (Å²) in [7, 11) is -1.53. The molecule has 5 atom stereocenters. The molecule has 1 saturated heterocycles. The van der Waals surface area contributed by atoms with Crippen LogP contribution >= 0.6 is 11.3 Å². The summed E-state index contributed by atoms with van der Waals surface area (Å²) in [5, 5.41) is 23.4. The SMILES string of the molecule is C=CC1C[C@]1(NC(=O)[C@@H]1C[C@@H](Oc2cc(-c3csc(CC(=O)CC(C)(C)C)n3)nc3c(C)c(OC)c(C)cc23)CN1C(=O)[C@@H](NC(=O)OC1CCCC1)C(C)(C)C)C(=O)O.NS(=O)(=O)C1CC1. The van der Waals surface area contributed by atoms with Gasteiger partial charge in [0.2, 0.25) is 21.8 Å². The Bertz CT molecular complexity index is 2520. The number of rotatable bonds is 15. The zero-order valence-electron chi connectivity index (χ0n) is 40.0. The van der Waals surface area contributed by atoms with Gasteiger partial charge in [-0.25, -0.2) is 33.1 Å². The van der Waals surface area contributed by atoms with E-state index in [1.165, 1.54) is 22.3 Å². The van der Waals surface area contributed by atoms with Gasteiger partial charge in [0, 0.05) is 41.2 Å². The monoisotopic (exact) mass is 966 g/mol. The Morgan fingerprint density at radius 3 is 2.24 bits per heavy atom. The molecule has 1 unspecified atom stereocenters. The van der Waals surface area contributed by atoms with Crippen molar-refractivity contribution in [2.45, 2.75) is 155 Å². The number of nitrogens with two attached hydrogens (primary N) is 1. The van der Waals surface area contributed by atoms with Crippen LogP contribution < -0.4 is 25.2 Å². The van der Waals surface area contributed by atoms with Crippen LogP contribution in [-0.2, 0) is 40.4 Å². The molecule has 3 aliphatic carbocycles. The Hall–Kier alpha value is -5.14. The molecule has 0 radical (unpaired) electrons. The number of ether oxygens (including phenoxy) is 3. The molecule has 3 saturated carbocycles. The van der Waals surface area contributed by atoms with Crippen molar-refractivity contribution in [3.63, 3.8) is 0 Å². The van der Waals surface area contributed by atoms with Gasteiger partial charge in [-0.1, -0.05) is 47.6 Å². The van der Waals surface area contributed by atoms with E-state index in [1.807, 2.05) is 66.8 Å². The molecule has 3 aromatic rings. The normalized spacial score (nSPS) is 22.3. The summed E-state index contributed by atoms with van der Waals surface area (Å²) in [6, 6.07) is 1.47. The van der Waals surface area contributed by atoms with Crippen molar-refractivity contribution in [2.75, 3.05) is 13.7 Å². The molecule has 17 nitrogen and oxygen atoms in total. The average molecular weight is 967 g/mol. The third kappa shape index (κ3) is 12.3. The Balaban J connectivity index is 0.000000967. The van der Waals surface area contributed by atoms with Crippen molar-refractivity contribution >= 4 is 61.9 Å². The Morgan fingerprint density at radius 2 is 1.70 bits per heavy atom. The second-order valence-corrected chi connectivity index (χ2v) is 23.5. The van der Waals surface area contributed by atoms with Gasteiger partial charge in [-0.2, -0.15) is 0 Å². The lowest BCUT2D eigenvalue weighted by molar-refractivity contribution is -0.146. The smallest absolute Gasteiger partial charge is 0.408 e. The zero-order chi connectivity index (χ0) is 49.4. The molecule has 366 valence electrons. The molecule has 3 heterocycles. The number of nitrogens with zero attached hydrogens (tertiary/aromatic N) is 3. The number of amides is 3. The van der Waals surface area contributed by atoms with Crippen molar-refractivity contribution in [2.24, 2.45) is 21.9 Å². The number of benzene rings is 1. The minimum atomic E-state index is -3.13. The molecule has 0 spiro atoms. The summed E-state index contributed by atoms with van der Waals surface area (Å²) in [6.45, 7) is 19.1. The van der Waals surface area contributed by atoms with Crippen LogP contribution in [0.5, 0.6) is 11.5 Å². The number of thiazole rings is 1. The van der Waals surface area contributed by atoms with Crippen LogP contribution in [0.4, 0.5) is 4.79 Å². The fraction of sp³-hybridized carbons (Fsp3) is 0.604. The van der Waals surface area contributed by atoms with Gasteiger partial charge in [-0.05, 0) is 81.3 Å². The number of primary sulfonamides is 1. The van der Waals surface area contributed by atoms with E-state index in [4.69, 9.17) is 29.3 Å². The van der Waals surface area contributed by atoms with Crippen LogP contribution in [-0.4, -0.2) is 107 Å². The summed E-state index contributed by atoms with van der Waals surface area (Å²) in [4.78, 5) is 78.7. The molecule has 67 heavy (non-hydrogen) atoms. The maximum atomic E-state index is 14.7. The Labute approximate surface area is 397 Å². The molecular formula is C48H66N6O11S2. The highest BCUT2D eigenvalue weighted by atomic mass is 32.2. The minimum absolute atomic E-state index is 0.0272. The van der Waals surface area contributed by atoms with Gasteiger partial charge in [0.1, 0.15) is 57.8 Å². The summed E-state index contributed by atoms with van der Waals surface area (Å²) in [6.07, 6.45) is 5.61. The lowest BCUT2D eigenvalue weighted by Gasteiger charge is -2.35. The predicted octanol–water partition coefficient (Wildman–Crippen LogP) is 6.55. The number of Topliss-reactive ketones (excluding diaryl/α,β-unsaturated/α-hetero) is 1. The number of sulfonamides is 1. The topological polar surface area (TPSA) is 247 Å². The summed E-state index contributed by atoms with van der Waals surface area (Å²) in [5.41, 5.74) is 0.816. The highest BCUT2D eigenvalue weighted by Gasteiger charge is 2.61. The first-order chi connectivity index (χ1) is 31.2. The highest BCUT2D eigenvalue weighted by molar-refractivity contribution is 7.90. The quantitative estimate of drug-likeness (QED) is 0.118. The molecular weight excluding hydrogens is 901 g/mol. The number of carboxylic acid groups (broad SMARTS) is 1. The number of carbonyl (C=O) groups is 5. The standard InChI is InChI=1S/C45H59N5O9S.C3H7NO2S/c1-11-26-20-45(26,41(54)55)49-39(52)33-18-29(22-50(33)40(53)38(44(7,8)9)48-42(56)59-28-14-12-13-15-28)58-34-19-31(47-36-25(3)37(57-10)24(2)16-30(34)36)32-23-60-35(46-32)17-27(51)21-43(4,5)6;4-7(5,6)3-1-2-3/h11,16,19,23,26,28-29,33,38H,1,12-15,17-18,20-22H2,2-10H3,(H,48,56)(H,49,52)(H,54,55);3H,1-2H2,(H2,4,5,6)/t26?,29-,33+,38-,45-;/m1./s1. The number of hydrogen-bond donors (Lipinski definition) is 4. The molecule has 4 aliphatic rings. The van der Waals surface area contributed by atoms with E-state index in [-0.39, 0.29) is 48.4 Å². The zero-order valence-corrected chi connectivity index (χ0v) is 41.7. The van der Waals surface area contributed by atoms with E-state index in [2.05, 4.69) is 17.2 Å². The fourth-order valence-electron chi connectivity index (χ4n) is 8.91. The summed E-state index contributed by atoms with van der Waals surface area (Å²) < 4.78 is 38.6. The van der Waals surface area contributed by atoms with Gasteiger partial charge >= 0.3 is 12.1 Å². The Morgan fingerprint density at radius 1 is 1.03 bits per heavy atom. The maximum Gasteiger partial charge on any atom is 0.408 e. The van der Waals surface area contributed by atoms with Gasteiger partial charge in [0.05, 0.1) is 36.5 Å². The second kappa shape index (κ2) is 19.8. The van der Waals surface area contributed by atoms with E-state index >= 15 is 0 Å². The van der Waals surface area contributed by atoms with Gasteiger partial charge < -0.3 is 34.9 Å². The minimum Gasteiger partial charge on any atom is -0.496 e. The van der Waals surface area contributed by atoms with Gasteiger partial charge in [-0.3, -0.25) is 14.4 Å². The number of hydrogen-bond acceptors (Lipinski definition) is 13. The molecule has 4 fully saturated rings. The number of carbonyl (C=O) groups excluding carboxylic acids is 4. The van der Waals surface area contributed by atoms with E-state index < -0.39 is 69.0 Å². The van der Waals surface area contributed by atoms with Crippen LogP contribution in [0.3, 0.4) is 0 Å². The first kappa shape index (κ1) is 51.3. The number of aryl methyl sites for hydroxylation is 2. The molecule has 3 amide bonds. The number of aliphatic carboxylic acids is 1. The summed E-state index contributed by atoms with van der Waals surface area (Å²) in [5.74, 6) is -1.63. The Kier molecular flexibility index (Phi) is 15.2. The number of fused-ring (bicyclic) bond motifs is 1. The van der Waals surface area contributed by atoms with Gasteiger partial charge in [0.25, 0.3) is 0 Å². The van der Waals surface area contributed by atoms with Crippen molar-refractivity contribution in [3.8, 4) is 22.9 Å². The number of likely N-dealkylation sites (tertiary alicyclic amines) is 1. The highest BCUT2D eigenvalue weighted by Crippen LogP contribution is 2.45. The molecule has 7 rings (SSSR count). The van der Waals surface area contributed by atoms with E-state index in [9.17, 15) is 37.5 Å². The first-order valence-corrected chi connectivity index (χ1v) is 25.3. The van der Waals surface area contributed by atoms with Crippen LogP contribution in [0.1, 0.15) is 115 Å². The number of pyridine rings is 1. The molecule has 2 aromatic heterocycles. The molecule has 1 aliphatic heterocycles. The average Bonchev–Trinajstić information content (AvgIpc) is 4.02. The van der Waals surface area contributed by atoms with Crippen LogP contribution in [0.15, 0.2) is 30.2 Å². The molecule has 0 bridgehead atoms. The molecule has 19 heteroatoms. The van der Waals surface area contributed by atoms with E-state index in [1.54, 1.807) is 13.2 Å². The van der Waals surface area contributed by atoms with Crippen LogP contribution in [0.25, 0.3) is 22.3 Å². The lowest BCUT2D eigenvalue weighted by Crippen LogP contribution is -2.59. The predicted molar refractivity (Wildman–Crippen MR) is 254 cm³/mol. The van der Waals surface area contributed by atoms with Crippen LogP contribution in [0.2, 0.25) is 0 Å². The van der Waals surface area contributed by atoms with Gasteiger partial charge in [-0.15, -0.1) is 17.9 Å². The van der Waals surface area contributed by atoms with Crippen molar-refractivity contribution in [3.05, 3.63) is 46.3 Å². The number of nitrogens with one attached hydrogen (secondary N) is 2. The fourth-order valence-corrected chi connectivity index (χ4v) is 10.5. The summed E-state index contributed by atoms with van der Waals surface area (Å²) >= 11 is 1.38. The second-order valence-electron chi connectivity index (χ2n) is 20.7. The largest absolute Gasteiger partial charge is 0.496 e. The first-order valence-electron chi connectivity index (χ1n) is 22.8. The lowest BCUT2D eigenvalue weighted by atomic mass is 9.85. The molecule has 1 aromatic carbocycles. The third-order valence-electron chi connectivity index (χ3n) is 12.6. The van der Waals surface area contributed by atoms with E-state index in [0.29, 0.717) is 45.2 Å². The van der Waals surface area contributed by atoms with Crippen molar-refractivity contribution < 1.29 is 51.7 Å². The van der Waals surface area contributed by atoms with Gasteiger partial charge in [0.15, 0.2) is 0 Å². The van der Waals surface area contributed by atoms with Crippen LogP contribution in [0, 0.1) is 30.6 Å². The van der Waals surface area contributed by atoms with Crippen molar-refractivity contribution in [1.29, 1.82) is 0 Å². The van der Waals surface area contributed by atoms with E-state index in [0.717, 1.165) is 49.7 Å². The third-order valence-corrected chi connectivity index (χ3v) is 14.9. The maximum absolute atomic E-state index is 14.7. The number of methoxy groups -OCH3 is 1. The number of alkyl carbamates (subject to hydrolysis) is 1.